The summed E-state index contributed by atoms with van der Waals surface area (Å²) >= 11 is 1.50. The van der Waals surface area contributed by atoms with Gasteiger partial charge < -0.3 is 15.4 Å². The number of carbonyl (C=O) groups excluding carboxylic acids is 2. The molecule has 1 saturated heterocycles. The second-order valence-corrected chi connectivity index (χ2v) is 7.72. The van der Waals surface area contributed by atoms with Crippen molar-refractivity contribution in [3.8, 4) is 0 Å². The summed E-state index contributed by atoms with van der Waals surface area (Å²) in [6.45, 7) is 1.37. The van der Waals surface area contributed by atoms with Crippen LogP contribution in [0, 0.1) is 5.82 Å². The summed E-state index contributed by atoms with van der Waals surface area (Å²) in [6.07, 6.45) is 3.42. The molecule has 2 heterocycles. The highest BCUT2D eigenvalue weighted by Gasteiger charge is 2.16. The molecule has 2 N–H and O–H groups in total. The van der Waals surface area contributed by atoms with Gasteiger partial charge in [0.05, 0.1) is 6.10 Å². The lowest BCUT2D eigenvalue weighted by molar-refractivity contribution is -0.121. The Balaban J connectivity index is 1.34. The van der Waals surface area contributed by atoms with Gasteiger partial charge in [-0.25, -0.2) is 4.39 Å². The van der Waals surface area contributed by atoms with Crippen molar-refractivity contribution in [1.29, 1.82) is 0 Å². The molecule has 1 aliphatic rings. The lowest BCUT2D eigenvalue weighted by Gasteiger charge is -2.10. The molecule has 1 unspecified atom stereocenters. The van der Waals surface area contributed by atoms with Crippen LogP contribution in [0.5, 0.6) is 0 Å². The number of hydrogen-bond acceptors (Lipinski definition) is 6. The zero-order valence-corrected chi connectivity index (χ0v) is 16.7. The number of carbonyl (C=O) groups is 2. The van der Waals surface area contributed by atoms with Crippen molar-refractivity contribution in [3.05, 3.63) is 47.8 Å². The molecule has 7 nitrogen and oxygen atoms in total. The van der Waals surface area contributed by atoms with Crippen molar-refractivity contribution in [2.75, 3.05) is 24.2 Å². The van der Waals surface area contributed by atoms with Crippen LogP contribution in [0.25, 0.3) is 0 Å². The molecule has 2 aromatic rings. The van der Waals surface area contributed by atoms with Crippen LogP contribution in [0.4, 0.5) is 10.2 Å². The van der Waals surface area contributed by atoms with E-state index in [-0.39, 0.29) is 17.9 Å². The molecule has 3 rings (SSSR count). The van der Waals surface area contributed by atoms with E-state index < -0.39 is 5.82 Å². The largest absolute Gasteiger partial charge is 0.376 e. The van der Waals surface area contributed by atoms with E-state index in [1.54, 1.807) is 12.1 Å². The van der Waals surface area contributed by atoms with Crippen molar-refractivity contribution in [1.82, 2.24) is 15.5 Å². The molecule has 154 valence electrons. The summed E-state index contributed by atoms with van der Waals surface area (Å²) in [5.41, 5.74) is 0.337. The number of halogens is 1. The summed E-state index contributed by atoms with van der Waals surface area (Å²) in [6, 6.07) is 8.67. The summed E-state index contributed by atoms with van der Waals surface area (Å²) in [5, 5.41) is 14.3. The molecule has 0 saturated carbocycles. The average molecular weight is 418 g/mol. The second kappa shape index (κ2) is 10.9. The molecule has 0 aliphatic carbocycles. The van der Waals surface area contributed by atoms with Gasteiger partial charge in [0, 0.05) is 30.9 Å². The van der Waals surface area contributed by atoms with E-state index in [9.17, 15) is 14.0 Å². The number of aromatic nitrogens is 2. The third-order valence-corrected chi connectivity index (χ3v) is 5.34. The van der Waals surface area contributed by atoms with E-state index in [1.807, 2.05) is 0 Å². The van der Waals surface area contributed by atoms with E-state index in [1.165, 1.54) is 36.0 Å². The molecule has 1 fully saturated rings. The molecule has 0 bridgehead atoms. The van der Waals surface area contributed by atoms with Gasteiger partial charge in [0.2, 0.25) is 5.91 Å². The van der Waals surface area contributed by atoms with E-state index in [0.29, 0.717) is 29.4 Å². The summed E-state index contributed by atoms with van der Waals surface area (Å²) in [7, 11) is 0. The number of hydrogen-bond donors (Lipinski definition) is 2. The summed E-state index contributed by atoms with van der Waals surface area (Å²) < 4.78 is 18.4. The monoisotopic (exact) mass is 418 g/mol. The minimum atomic E-state index is -0.400. The highest BCUT2D eigenvalue weighted by molar-refractivity contribution is 7.99. The van der Waals surface area contributed by atoms with Gasteiger partial charge in [0.25, 0.3) is 5.91 Å². The van der Waals surface area contributed by atoms with Gasteiger partial charge in [0.15, 0.2) is 5.82 Å². The number of benzene rings is 1. The van der Waals surface area contributed by atoms with Crippen LogP contribution in [-0.4, -0.2) is 47.0 Å². The Bertz CT molecular complexity index is 811. The fraction of sp³-hybridized carbons (Fsp3) is 0.400. The quantitative estimate of drug-likeness (QED) is 0.480. The first-order chi connectivity index (χ1) is 14.1. The Morgan fingerprint density at radius 1 is 1.17 bits per heavy atom. The normalized spacial score (nSPS) is 15.8. The zero-order chi connectivity index (χ0) is 20.5. The molecular weight excluding hydrogens is 395 g/mol. The number of ether oxygens (including phenoxy) is 1. The Morgan fingerprint density at radius 2 is 2.00 bits per heavy atom. The molecule has 0 radical (unpaired) electrons. The molecule has 0 spiro atoms. The van der Waals surface area contributed by atoms with Crippen molar-refractivity contribution < 1.29 is 18.7 Å². The number of nitrogens with zero attached hydrogens (tertiary/aromatic N) is 2. The lowest BCUT2D eigenvalue weighted by atomic mass is 10.2. The van der Waals surface area contributed by atoms with Gasteiger partial charge in [-0.1, -0.05) is 0 Å². The summed E-state index contributed by atoms with van der Waals surface area (Å²) in [4.78, 5) is 23.9. The van der Waals surface area contributed by atoms with Crippen molar-refractivity contribution >= 4 is 29.4 Å². The minimum Gasteiger partial charge on any atom is -0.376 e. The molecular formula is C20H23FN4O3S. The van der Waals surface area contributed by atoms with Gasteiger partial charge >= 0.3 is 0 Å². The van der Waals surface area contributed by atoms with Gasteiger partial charge in [-0.05, 0) is 55.7 Å². The van der Waals surface area contributed by atoms with Crippen LogP contribution in [-0.2, 0) is 9.53 Å². The van der Waals surface area contributed by atoms with E-state index in [2.05, 4.69) is 20.8 Å². The van der Waals surface area contributed by atoms with Crippen LogP contribution < -0.4 is 10.6 Å². The Hall–Kier alpha value is -2.52. The molecule has 1 aromatic carbocycles. The number of rotatable bonds is 9. The fourth-order valence-corrected chi connectivity index (χ4v) is 3.54. The first kappa shape index (κ1) is 21.2. The summed E-state index contributed by atoms with van der Waals surface area (Å²) in [5.74, 6) is 0.309. The second-order valence-electron chi connectivity index (χ2n) is 6.61. The highest BCUT2D eigenvalue weighted by atomic mass is 32.2. The maximum absolute atomic E-state index is 12.9. The maximum atomic E-state index is 12.9. The van der Waals surface area contributed by atoms with E-state index in [4.69, 9.17) is 4.74 Å². The van der Waals surface area contributed by atoms with Gasteiger partial charge in [-0.15, -0.1) is 22.0 Å². The molecule has 9 heteroatoms. The lowest BCUT2D eigenvalue weighted by Crippen LogP contribution is -2.31. The van der Waals surface area contributed by atoms with E-state index >= 15 is 0 Å². The van der Waals surface area contributed by atoms with Crippen molar-refractivity contribution in [3.63, 3.8) is 0 Å². The Labute approximate surface area is 172 Å². The van der Waals surface area contributed by atoms with Crippen LogP contribution in [0.15, 0.2) is 41.4 Å². The first-order valence-corrected chi connectivity index (χ1v) is 10.5. The third-order valence-electron chi connectivity index (χ3n) is 4.34. The van der Waals surface area contributed by atoms with Gasteiger partial charge in [0.1, 0.15) is 10.8 Å². The fourth-order valence-electron chi connectivity index (χ4n) is 2.78. The third kappa shape index (κ3) is 7.10. The molecule has 1 aliphatic heterocycles. The predicted octanol–water partition coefficient (Wildman–Crippen LogP) is 3.04. The Morgan fingerprint density at radius 3 is 2.69 bits per heavy atom. The number of nitrogens with one attached hydrogen (secondary N) is 2. The average Bonchev–Trinajstić information content (AvgIpc) is 3.25. The van der Waals surface area contributed by atoms with Crippen molar-refractivity contribution in [2.24, 2.45) is 0 Å². The molecule has 29 heavy (non-hydrogen) atoms. The Kier molecular flexibility index (Phi) is 7.94. The maximum Gasteiger partial charge on any atom is 0.256 e. The van der Waals surface area contributed by atoms with Crippen molar-refractivity contribution in [2.45, 2.75) is 36.8 Å². The molecule has 2 amide bonds. The smallest absolute Gasteiger partial charge is 0.256 e. The van der Waals surface area contributed by atoms with E-state index in [0.717, 1.165) is 31.6 Å². The van der Waals surface area contributed by atoms with Crippen LogP contribution in [0.1, 0.15) is 36.0 Å². The van der Waals surface area contributed by atoms with Crippen LogP contribution in [0.3, 0.4) is 0 Å². The number of amides is 2. The first-order valence-electron chi connectivity index (χ1n) is 9.52. The van der Waals surface area contributed by atoms with Crippen LogP contribution in [0.2, 0.25) is 0 Å². The molecule has 1 aromatic heterocycles. The highest BCUT2D eigenvalue weighted by Crippen LogP contribution is 2.17. The number of thioether (sulfide) groups is 1. The van der Waals surface area contributed by atoms with Gasteiger partial charge in [-0.3, -0.25) is 9.59 Å². The molecule has 1 atom stereocenters. The predicted molar refractivity (Wildman–Crippen MR) is 108 cm³/mol. The standard InChI is InChI=1S/C20H23FN4O3S/c21-15-7-5-14(6-8-15)20(27)23-17-9-10-19(25-24-17)29-12-2-4-18(26)22-13-16-3-1-11-28-16/h5-10,16H,1-4,11-13H2,(H,22,26)(H,23,24,27). The number of anilines is 1. The zero-order valence-electron chi connectivity index (χ0n) is 15.9. The van der Waals surface area contributed by atoms with Gasteiger partial charge in [-0.2, -0.15) is 0 Å². The minimum absolute atomic E-state index is 0.0334. The SMILES string of the molecule is O=C(CCCSc1ccc(NC(=O)c2ccc(F)cc2)nn1)NCC1CCCO1. The van der Waals surface area contributed by atoms with Crippen LogP contribution >= 0.6 is 11.8 Å². The topological polar surface area (TPSA) is 93.2 Å².